The van der Waals surface area contributed by atoms with Gasteiger partial charge in [-0.1, -0.05) is 11.6 Å². The number of nitrogens with zero attached hydrogens (tertiary/aromatic N) is 2. The number of nitrogens with two attached hydrogens (primary N) is 1. The minimum atomic E-state index is -0.479. The summed E-state index contributed by atoms with van der Waals surface area (Å²) in [6, 6.07) is 5.12. The van der Waals surface area contributed by atoms with Crippen LogP contribution in [0, 0.1) is 11.3 Å². The number of halogens is 1. The van der Waals surface area contributed by atoms with Crippen LogP contribution in [0.15, 0.2) is 12.1 Å². The van der Waals surface area contributed by atoms with Crippen molar-refractivity contribution in [1.29, 1.82) is 5.26 Å². The Labute approximate surface area is 123 Å². The number of esters is 1. The van der Waals surface area contributed by atoms with E-state index in [1.807, 2.05) is 6.92 Å². The van der Waals surface area contributed by atoms with Crippen LogP contribution in [0.25, 0.3) is 0 Å². The van der Waals surface area contributed by atoms with E-state index in [1.54, 1.807) is 24.9 Å². The molecule has 0 aliphatic heterocycles. The number of hydrogen-bond donors (Lipinski definition) is 1. The summed E-state index contributed by atoms with van der Waals surface area (Å²) < 4.78 is 5.02. The lowest BCUT2D eigenvalue weighted by molar-refractivity contribution is 0.0527. The van der Waals surface area contributed by atoms with Crippen molar-refractivity contribution in [2.45, 2.75) is 26.3 Å². The predicted molar refractivity (Wildman–Crippen MR) is 79.9 cm³/mol. The first-order chi connectivity index (χ1) is 9.42. The Morgan fingerprint density at radius 3 is 2.80 bits per heavy atom. The van der Waals surface area contributed by atoms with Gasteiger partial charge in [-0.25, -0.2) is 4.79 Å². The summed E-state index contributed by atoms with van der Waals surface area (Å²) in [4.78, 5) is 13.8. The summed E-state index contributed by atoms with van der Waals surface area (Å²) in [5, 5.41) is 9.15. The Hall–Kier alpha value is -1.93. The molecule has 0 aliphatic carbocycles. The number of benzene rings is 1. The van der Waals surface area contributed by atoms with Gasteiger partial charge in [0.15, 0.2) is 0 Å². The van der Waals surface area contributed by atoms with Crippen LogP contribution in [0.1, 0.15) is 30.6 Å². The van der Waals surface area contributed by atoms with E-state index < -0.39 is 5.97 Å². The minimum Gasteiger partial charge on any atom is -0.462 e. The maximum atomic E-state index is 12.0. The molecule has 0 aliphatic rings. The van der Waals surface area contributed by atoms with Gasteiger partial charge in [-0.3, -0.25) is 0 Å². The second kappa shape index (κ2) is 7.01. The molecular formula is C14H18ClN3O2. The second-order valence-electron chi connectivity index (χ2n) is 4.44. The monoisotopic (exact) mass is 295 g/mol. The van der Waals surface area contributed by atoms with Crippen molar-refractivity contribution in [3.63, 3.8) is 0 Å². The molecule has 0 spiro atoms. The fraction of sp³-hybridized carbons (Fsp3) is 0.429. The van der Waals surface area contributed by atoms with E-state index >= 15 is 0 Å². The van der Waals surface area contributed by atoms with Crippen LogP contribution in [-0.2, 0) is 4.74 Å². The summed E-state index contributed by atoms with van der Waals surface area (Å²) in [7, 11) is 1.78. The third-order valence-electron chi connectivity index (χ3n) is 2.98. The van der Waals surface area contributed by atoms with Gasteiger partial charge in [0.25, 0.3) is 0 Å². The average molecular weight is 296 g/mol. The summed E-state index contributed by atoms with van der Waals surface area (Å²) >= 11 is 6.21. The fourth-order valence-electron chi connectivity index (χ4n) is 1.83. The average Bonchev–Trinajstić information content (AvgIpc) is 2.37. The first-order valence-corrected chi connectivity index (χ1v) is 6.66. The van der Waals surface area contributed by atoms with Gasteiger partial charge in [0.05, 0.1) is 35.4 Å². The number of carbonyl (C=O) groups excluding carboxylic acids is 1. The van der Waals surface area contributed by atoms with Crippen molar-refractivity contribution < 1.29 is 9.53 Å². The molecule has 5 nitrogen and oxygen atoms in total. The summed E-state index contributed by atoms with van der Waals surface area (Å²) in [5.74, 6) is -0.479. The van der Waals surface area contributed by atoms with Crippen molar-refractivity contribution in [2.24, 2.45) is 0 Å². The molecule has 0 heterocycles. The van der Waals surface area contributed by atoms with Gasteiger partial charge in [-0.2, -0.15) is 5.26 Å². The Morgan fingerprint density at radius 1 is 1.60 bits per heavy atom. The van der Waals surface area contributed by atoms with E-state index in [4.69, 9.17) is 27.3 Å². The smallest absolute Gasteiger partial charge is 0.340 e. The molecule has 1 aromatic rings. The number of anilines is 2. The molecule has 1 aromatic carbocycles. The minimum absolute atomic E-state index is 0.0886. The maximum Gasteiger partial charge on any atom is 0.340 e. The van der Waals surface area contributed by atoms with Crippen LogP contribution >= 0.6 is 11.6 Å². The van der Waals surface area contributed by atoms with E-state index in [-0.39, 0.29) is 12.6 Å². The summed E-state index contributed by atoms with van der Waals surface area (Å²) in [6.45, 7) is 3.88. The number of hydrogen-bond acceptors (Lipinski definition) is 5. The molecule has 1 atom stereocenters. The van der Waals surface area contributed by atoms with Crippen molar-refractivity contribution in [2.75, 3.05) is 24.3 Å². The molecule has 6 heteroatoms. The highest BCUT2D eigenvalue weighted by molar-refractivity contribution is 6.34. The highest BCUT2D eigenvalue weighted by Crippen LogP contribution is 2.33. The quantitative estimate of drug-likeness (QED) is 0.667. The zero-order valence-corrected chi connectivity index (χ0v) is 12.6. The van der Waals surface area contributed by atoms with E-state index in [9.17, 15) is 4.79 Å². The molecular weight excluding hydrogens is 278 g/mol. The zero-order valence-electron chi connectivity index (χ0n) is 11.8. The Morgan fingerprint density at radius 2 is 2.25 bits per heavy atom. The standard InChI is InChI=1S/C14H18ClN3O2/c1-4-20-14(19)11-7-10(17)8-12(15)13(11)18(3)9(2)5-6-16/h7-9H,4-5,17H2,1-3H3. The van der Waals surface area contributed by atoms with Crippen molar-refractivity contribution in [3.8, 4) is 6.07 Å². The molecule has 1 rings (SSSR count). The lowest BCUT2D eigenvalue weighted by atomic mass is 10.1. The van der Waals surface area contributed by atoms with Crippen molar-refractivity contribution in [1.82, 2.24) is 0 Å². The van der Waals surface area contributed by atoms with Crippen LogP contribution in [0.3, 0.4) is 0 Å². The van der Waals surface area contributed by atoms with Crippen LogP contribution in [0.4, 0.5) is 11.4 Å². The number of rotatable bonds is 5. The van der Waals surface area contributed by atoms with E-state index in [0.717, 1.165) is 0 Å². The lowest BCUT2D eigenvalue weighted by Gasteiger charge is -2.28. The Balaban J connectivity index is 3.29. The van der Waals surface area contributed by atoms with Gasteiger partial charge in [-0.15, -0.1) is 0 Å². The van der Waals surface area contributed by atoms with Crippen molar-refractivity contribution >= 4 is 28.9 Å². The molecule has 2 N–H and O–H groups in total. The highest BCUT2D eigenvalue weighted by Gasteiger charge is 2.22. The first kappa shape index (κ1) is 16.1. The third kappa shape index (κ3) is 3.55. The van der Waals surface area contributed by atoms with Gasteiger partial charge < -0.3 is 15.4 Å². The Kier molecular flexibility index (Phi) is 5.66. The number of nitriles is 1. The number of ether oxygens (including phenoxy) is 1. The summed E-state index contributed by atoms with van der Waals surface area (Å²) in [6.07, 6.45) is 0.319. The van der Waals surface area contributed by atoms with E-state index in [1.165, 1.54) is 6.07 Å². The molecule has 0 amide bonds. The molecule has 0 saturated carbocycles. The fourth-order valence-corrected chi connectivity index (χ4v) is 2.19. The largest absolute Gasteiger partial charge is 0.462 e. The van der Waals surface area contributed by atoms with Gasteiger partial charge in [0.2, 0.25) is 0 Å². The number of nitrogen functional groups attached to an aromatic ring is 1. The lowest BCUT2D eigenvalue weighted by Crippen LogP contribution is -2.30. The number of carbonyl (C=O) groups is 1. The predicted octanol–water partition coefficient (Wildman–Crippen LogP) is 2.84. The Bertz CT molecular complexity index is 540. The second-order valence-corrected chi connectivity index (χ2v) is 4.85. The first-order valence-electron chi connectivity index (χ1n) is 6.28. The molecule has 0 fully saturated rings. The third-order valence-corrected chi connectivity index (χ3v) is 3.27. The topological polar surface area (TPSA) is 79.3 Å². The maximum absolute atomic E-state index is 12.0. The van der Waals surface area contributed by atoms with Crippen LogP contribution in [0.2, 0.25) is 5.02 Å². The van der Waals surface area contributed by atoms with E-state index in [2.05, 4.69) is 6.07 Å². The molecule has 0 radical (unpaired) electrons. The molecule has 108 valence electrons. The van der Waals surface area contributed by atoms with Crippen molar-refractivity contribution in [3.05, 3.63) is 22.7 Å². The van der Waals surface area contributed by atoms with Gasteiger partial charge in [-0.05, 0) is 26.0 Å². The van der Waals surface area contributed by atoms with Gasteiger partial charge >= 0.3 is 5.97 Å². The summed E-state index contributed by atoms with van der Waals surface area (Å²) in [5.41, 5.74) is 6.96. The van der Waals surface area contributed by atoms with Crippen LogP contribution < -0.4 is 10.6 Å². The molecule has 1 unspecified atom stereocenters. The van der Waals surface area contributed by atoms with Crippen LogP contribution in [0.5, 0.6) is 0 Å². The zero-order chi connectivity index (χ0) is 15.3. The van der Waals surface area contributed by atoms with Gasteiger partial charge in [0, 0.05) is 18.8 Å². The van der Waals surface area contributed by atoms with Crippen LogP contribution in [-0.4, -0.2) is 25.7 Å². The van der Waals surface area contributed by atoms with E-state index in [0.29, 0.717) is 28.4 Å². The normalized spacial score (nSPS) is 11.6. The molecule has 0 bridgehead atoms. The molecule has 0 aromatic heterocycles. The molecule has 20 heavy (non-hydrogen) atoms. The highest BCUT2D eigenvalue weighted by atomic mass is 35.5. The van der Waals surface area contributed by atoms with Gasteiger partial charge in [0.1, 0.15) is 0 Å². The SMILES string of the molecule is CCOC(=O)c1cc(N)cc(Cl)c1N(C)C(C)CC#N. The molecule has 0 saturated heterocycles.